The Kier molecular flexibility index (Phi) is 7.17. The molecular weight excluding hydrogens is 393 g/mol. The Labute approximate surface area is 182 Å². The molecule has 31 heavy (non-hydrogen) atoms. The van der Waals surface area contributed by atoms with Crippen molar-refractivity contribution < 1.29 is 9.13 Å². The van der Waals surface area contributed by atoms with E-state index in [9.17, 15) is 4.39 Å². The molecule has 1 aliphatic rings. The van der Waals surface area contributed by atoms with Crippen molar-refractivity contribution in [1.82, 2.24) is 19.9 Å². The lowest BCUT2D eigenvalue weighted by molar-refractivity contribution is 0.147. The molecule has 4 rings (SSSR count). The Balaban J connectivity index is 1.55. The van der Waals surface area contributed by atoms with Crippen molar-refractivity contribution >= 4 is 5.82 Å². The summed E-state index contributed by atoms with van der Waals surface area (Å²) in [5, 5.41) is 3.50. The third kappa shape index (κ3) is 5.62. The van der Waals surface area contributed by atoms with Gasteiger partial charge in [-0.1, -0.05) is 18.2 Å². The van der Waals surface area contributed by atoms with E-state index >= 15 is 0 Å². The number of pyridine rings is 1. The van der Waals surface area contributed by atoms with Gasteiger partial charge in [-0.15, -0.1) is 0 Å². The van der Waals surface area contributed by atoms with Crippen LogP contribution in [0.5, 0.6) is 0 Å². The average molecular weight is 422 g/mol. The van der Waals surface area contributed by atoms with Crippen LogP contribution in [0.4, 0.5) is 10.2 Å². The van der Waals surface area contributed by atoms with E-state index in [4.69, 9.17) is 14.7 Å². The molecule has 0 radical (unpaired) electrons. The first-order valence-electron chi connectivity index (χ1n) is 10.8. The molecule has 3 heterocycles. The van der Waals surface area contributed by atoms with E-state index in [1.807, 2.05) is 37.3 Å². The predicted molar refractivity (Wildman–Crippen MR) is 119 cm³/mol. The first-order chi connectivity index (χ1) is 15.2. The van der Waals surface area contributed by atoms with Gasteiger partial charge in [0.25, 0.3) is 0 Å². The molecule has 0 saturated carbocycles. The molecule has 1 N–H and O–H groups in total. The van der Waals surface area contributed by atoms with Crippen molar-refractivity contribution in [1.29, 1.82) is 0 Å². The summed E-state index contributed by atoms with van der Waals surface area (Å²) < 4.78 is 18.7. The third-order valence-electron chi connectivity index (χ3n) is 5.31. The number of rotatable bonds is 9. The van der Waals surface area contributed by atoms with E-state index < -0.39 is 0 Å². The number of halogens is 1. The molecule has 162 valence electrons. The van der Waals surface area contributed by atoms with Gasteiger partial charge < -0.3 is 10.1 Å². The van der Waals surface area contributed by atoms with Crippen molar-refractivity contribution in [3.63, 3.8) is 0 Å². The van der Waals surface area contributed by atoms with Crippen LogP contribution < -0.4 is 5.32 Å². The molecule has 0 spiro atoms. The average Bonchev–Trinajstić information content (AvgIpc) is 2.81. The molecule has 0 atom stereocenters. The SMILES string of the molecule is CCOCCCNc1nc(-c2ccccn2)nc2c1CN(Cc1ccc(F)cc1)CC2. The summed E-state index contributed by atoms with van der Waals surface area (Å²) in [4.78, 5) is 16.4. The molecule has 7 heteroatoms. The molecule has 0 amide bonds. The first kappa shape index (κ1) is 21.3. The van der Waals surface area contributed by atoms with Crippen molar-refractivity contribution in [3.05, 3.63) is 71.3 Å². The van der Waals surface area contributed by atoms with E-state index in [-0.39, 0.29) is 5.82 Å². The number of ether oxygens (including phenoxy) is 1. The number of nitrogens with one attached hydrogen (secondary N) is 1. The zero-order chi connectivity index (χ0) is 21.5. The second-order valence-electron chi connectivity index (χ2n) is 7.60. The summed E-state index contributed by atoms with van der Waals surface area (Å²) >= 11 is 0. The molecule has 0 unspecified atom stereocenters. The van der Waals surface area contributed by atoms with Gasteiger partial charge in [-0.25, -0.2) is 14.4 Å². The van der Waals surface area contributed by atoms with Gasteiger partial charge in [0.05, 0.1) is 5.69 Å². The van der Waals surface area contributed by atoms with Gasteiger partial charge in [0.1, 0.15) is 17.3 Å². The van der Waals surface area contributed by atoms with Crippen molar-refractivity contribution in [2.24, 2.45) is 0 Å². The quantitative estimate of drug-likeness (QED) is 0.526. The molecule has 3 aromatic rings. The third-order valence-corrected chi connectivity index (χ3v) is 5.31. The fourth-order valence-electron chi connectivity index (χ4n) is 3.73. The van der Waals surface area contributed by atoms with Crippen LogP contribution in [0.1, 0.15) is 30.2 Å². The Hall–Kier alpha value is -2.90. The fraction of sp³-hybridized carbons (Fsp3) is 0.375. The van der Waals surface area contributed by atoms with Crippen LogP contribution in [0.25, 0.3) is 11.5 Å². The highest BCUT2D eigenvalue weighted by atomic mass is 19.1. The highest BCUT2D eigenvalue weighted by Crippen LogP contribution is 2.27. The molecule has 0 bridgehead atoms. The normalized spacial score (nSPS) is 13.7. The van der Waals surface area contributed by atoms with E-state index in [0.717, 1.165) is 80.6 Å². The number of anilines is 1. The van der Waals surface area contributed by atoms with Crippen LogP contribution >= 0.6 is 0 Å². The van der Waals surface area contributed by atoms with E-state index in [1.54, 1.807) is 6.20 Å². The van der Waals surface area contributed by atoms with Crippen LogP contribution in [-0.2, 0) is 24.2 Å². The summed E-state index contributed by atoms with van der Waals surface area (Å²) in [5.74, 6) is 1.31. The molecule has 6 nitrogen and oxygen atoms in total. The van der Waals surface area contributed by atoms with E-state index in [2.05, 4.69) is 15.2 Å². The summed E-state index contributed by atoms with van der Waals surface area (Å²) in [6, 6.07) is 12.5. The van der Waals surface area contributed by atoms with Gasteiger partial charge in [0.2, 0.25) is 0 Å². The predicted octanol–water partition coefficient (Wildman–Crippen LogP) is 4.07. The van der Waals surface area contributed by atoms with Gasteiger partial charge in [-0.3, -0.25) is 9.88 Å². The molecule has 0 aliphatic carbocycles. The zero-order valence-electron chi connectivity index (χ0n) is 17.9. The van der Waals surface area contributed by atoms with Crippen LogP contribution in [0, 0.1) is 5.82 Å². The molecular formula is C24H28FN5O. The van der Waals surface area contributed by atoms with Gasteiger partial charge in [-0.05, 0) is 43.2 Å². The van der Waals surface area contributed by atoms with Gasteiger partial charge in [-0.2, -0.15) is 0 Å². The maximum Gasteiger partial charge on any atom is 0.180 e. The number of aromatic nitrogens is 3. The van der Waals surface area contributed by atoms with Crippen LogP contribution in [0.15, 0.2) is 48.7 Å². The Morgan fingerprint density at radius 2 is 2.00 bits per heavy atom. The number of nitrogens with zero attached hydrogens (tertiary/aromatic N) is 4. The number of fused-ring (bicyclic) bond motifs is 1. The molecule has 1 aliphatic heterocycles. The summed E-state index contributed by atoms with van der Waals surface area (Å²) in [6.45, 7) is 6.65. The Morgan fingerprint density at radius 3 is 2.77 bits per heavy atom. The smallest absolute Gasteiger partial charge is 0.180 e. The second-order valence-corrected chi connectivity index (χ2v) is 7.60. The van der Waals surface area contributed by atoms with Crippen LogP contribution in [0.2, 0.25) is 0 Å². The standard InChI is InChI=1S/C24H28FN5O/c1-2-31-15-5-13-27-23-20-17-30(16-18-7-9-19(25)10-8-18)14-11-21(20)28-24(29-23)22-6-3-4-12-26-22/h3-4,6-10,12H,2,5,11,13-17H2,1H3,(H,27,28,29). The highest BCUT2D eigenvalue weighted by Gasteiger charge is 2.23. The zero-order valence-corrected chi connectivity index (χ0v) is 17.9. The highest BCUT2D eigenvalue weighted by molar-refractivity contribution is 5.57. The fourth-order valence-corrected chi connectivity index (χ4v) is 3.73. The lowest BCUT2D eigenvalue weighted by Crippen LogP contribution is -2.32. The molecule has 0 saturated heterocycles. The van der Waals surface area contributed by atoms with Crippen LogP contribution in [-0.4, -0.2) is 46.2 Å². The minimum absolute atomic E-state index is 0.207. The first-order valence-corrected chi connectivity index (χ1v) is 10.8. The Bertz CT molecular complexity index is 981. The lowest BCUT2D eigenvalue weighted by atomic mass is 10.0. The van der Waals surface area contributed by atoms with Crippen molar-refractivity contribution in [2.45, 2.75) is 32.9 Å². The maximum atomic E-state index is 13.2. The summed E-state index contributed by atoms with van der Waals surface area (Å²) in [6.07, 6.45) is 3.51. The largest absolute Gasteiger partial charge is 0.382 e. The van der Waals surface area contributed by atoms with Gasteiger partial charge >= 0.3 is 0 Å². The number of benzene rings is 1. The topological polar surface area (TPSA) is 63.2 Å². The maximum absolute atomic E-state index is 13.2. The number of hydrogen-bond donors (Lipinski definition) is 1. The summed E-state index contributed by atoms with van der Waals surface area (Å²) in [5.41, 5.74) is 4.07. The van der Waals surface area contributed by atoms with Gasteiger partial charge in [0, 0.05) is 57.6 Å². The van der Waals surface area contributed by atoms with Crippen molar-refractivity contribution in [3.8, 4) is 11.5 Å². The minimum atomic E-state index is -0.207. The molecule has 2 aromatic heterocycles. The molecule has 0 fully saturated rings. The van der Waals surface area contributed by atoms with E-state index in [0.29, 0.717) is 5.82 Å². The van der Waals surface area contributed by atoms with Crippen LogP contribution in [0.3, 0.4) is 0 Å². The second kappa shape index (κ2) is 10.4. The monoisotopic (exact) mass is 421 g/mol. The van der Waals surface area contributed by atoms with E-state index in [1.165, 1.54) is 12.1 Å². The summed E-state index contributed by atoms with van der Waals surface area (Å²) in [7, 11) is 0. The minimum Gasteiger partial charge on any atom is -0.382 e. The van der Waals surface area contributed by atoms with Crippen molar-refractivity contribution in [2.75, 3.05) is 31.6 Å². The Morgan fingerprint density at radius 1 is 1.13 bits per heavy atom. The van der Waals surface area contributed by atoms with Gasteiger partial charge in [0.15, 0.2) is 5.82 Å². The number of hydrogen-bond acceptors (Lipinski definition) is 6. The molecule has 1 aromatic carbocycles. The lowest BCUT2D eigenvalue weighted by Gasteiger charge is -2.29.